The highest BCUT2D eigenvalue weighted by Crippen LogP contribution is 2.21. The monoisotopic (exact) mass is 385 g/mol. The molecule has 0 fully saturated rings. The molecule has 0 atom stereocenters. The maximum Gasteiger partial charge on any atom is 0.255 e. The van der Waals surface area contributed by atoms with Crippen LogP contribution in [0.5, 0.6) is 5.75 Å². The fraction of sp³-hybridized carbons (Fsp3) is 0.167. The number of para-hydroxylation sites is 1. The number of imidazole rings is 1. The van der Waals surface area contributed by atoms with Gasteiger partial charge in [0.1, 0.15) is 18.0 Å². The van der Waals surface area contributed by atoms with Crippen molar-refractivity contribution in [2.45, 2.75) is 27.4 Å². The van der Waals surface area contributed by atoms with Gasteiger partial charge >= 0.3 is 0 Å². The molecule has 5 nitrogen and oxygen atoms in total. The fourth-order valence-electron chi connectivity index (χ4n) is 3.33. The molecule has 2 aromatic carbocycles. The molecule has 1 amide bonds. The molecule has 0 aliphatic carbocycles. The Balaban J connectivity index is 1.42. The summed E-state index contributed by atoms with van der Waals surface area (Å²) >= 11 is 0. The lowest BCUT2D eigenvalue weighted by molar-refractivity contribution is 0.102. The molecular formula is C24H23N3O2. The first-order chi connectivity index (χ1) is 14.0. The van der Waals surface area contributed by atoms with Crippen LogP contribution in [0.15, 0.2) is 67.0 Å². The lowest BCUT2D eigenvalue weighted by atomic mass is 10.1. The molecule has 2 aromatic heterocycles. The van der Waals surface area contributed by atoms with Crippen LogP contribution in [0.25, 0.3) is 5.65 Å². The summed E-state index contributed by atoms with van der Waals surface area (Å²) in [7, 11) is 0. The molecule has 5 heteroatoms. The number of aryl methyl sites for hydroxylation is 3. The number of ether oxygens (including phenoxy) is 1. The summed E-state index contributed by atoms with van der Waals surface area (Å²) in [6.07, 6.45) is 3.94. The molecule has 0 saturated heterocycles. The number of benzene rings is 2. The third-order valence-electron chi connectivity index (χ3n) is 4.95. The second-order valence-electron chi connectivity index (χ2n) is 7.19. The number of nitrogens with one attached hydrogen (secondary N) is 1. The van der Waals surface area contributed by atoms with E-state index in [-0.39, 0.29) is 5.91 Å². The van der Waals surface area contributed by atoms with Gasteiger partial charge in [-0.15, -0.1) is 0 Å². The Morgan fingerprint density at radius 2 is 1.66 bits per heavy atom. The Morgan fingerprint density at radius 3 is 2.34 bits per heavy atom. The molecular weight excluding hydrogens is 362 g/mol. The van der Waals surface area contributed by atoms with Gasteiger partial charge < -0.3 is 14.5 Å². The summed E-state index contributed by atoms with van der Waals surface area (Å²) in [4.78, 5) is 17.2. The second kappa shape index (κ2) is 7.80. The minimum Gasteiger partial charge on any atom is -0.487 e. The van der Waals surface area contributed by atoms with Crippen molar-refractivity contribution in [3.8, 4) is 5.75 Å². The van der Waals surface area contributed by atoms with Crippen LogP contribution in [0.4, 0.5) is 5.69 Å². The zero-order chi connectivity index (χ0) is 20.4. The van der Waals surface area contributed by atoms with Gasteiger partial charge in [0.25, 0.3) is 5.91 Å². The van der Waals surface area contributed by atoms with E-state index in [4.69, 9.17) is 4.74 Å². The summed E-state index contributed by atoms with van der Waals surface area (Å²) in [6, 6.07) is 17.1. The number of amides is 1. The SMILES string of the molecule is Cc1cccc(C)c1NC(=O)c1ccc(OCc2cn3cccc(C)c3n2)cc1. The van der Waals surface area contributed by atoms with E-state index in [1.807, 2.05) is 67.9 Å². The van der Waals surface area contributed by atoms with E-state index in [0.717, 1.165) is 33.7 Å². The van der Waals surface area contributed by atoms with Crippen molar-refractivity contribution in [1.82, 2.24) is 9.38 Å². The largest absolute Gasteiger partial charge is 0.487 e. The molecule has 4 rings (SSSR count). The van der Waals surface area contributed by atoms with E-state index in [1.54, 1.807) is 24.3 Å². The standard InChI is InChI=1S/C24H23N3O2/c1-16-6-4-7-17(2)22(16)26-24(28)19-9-11-21(12-10-19)29-15-20-14-27-13-5-8-18(3)23(27)25-20/h4-14H,15H2,1-3H3,(H,26,28). The number of aromatic nitrogens is 2. The van der Waals surface area contributed by atoms with Crippen molar-refractivity contribution >= 4 is 17.2 Å². The first-order valence-corrected chi connectivity index (χ1v) is 9.55. The van der Waals surface area contributed by atoms with Crippen LogP contribution in [0.3, 0.4) is 0 Å². The molecule has 4 aromatic rings. The van der Waals surface area contributed by atoms with Gasteiger partial charge in [-0.05, 0) is 67.8 Å². The Hall–Kier alpha value is -3.60. The van der Waals surface area contributed by atoms with Gasteiger partial charge in [0.15, 0.2) is 0 Å². The van der Waals surface area contributed by atoms with E-state index in [1.165, 1.54) is 0 Å². The summed E-state index contributed by atoms with van der Waals surface area (Å²) in [5.74, 6) is 0.562. The first-order valence-electron chi connectivity index (χ1n) is 9.55. The second-order valence-corrected chi connectivity index (χ2v) is 7.19. The fourth-order valence-corrected chi connectivity index (χ4v) is 3.33. The molecule has 2 heterocycles. The van der Waals surface area contributed by atoms with E-state index in [9.17, 15) is 4.79 Å². The average molecular weight is 385 g/mol. The highest BCUT2D eigenvalue weighted by atomic mass is 16.5. The van der Waals surface area contributed by atoms with Crippen molar-refractivity contribution in [2.75, 3.05) is 5.32 Å². The molecule has 0 bridgehead atoms. The number of nitrogens with zero attached hydrogens (tertiary/aromatic N) is 2. The van der Waals surface area contributed by atoms with E-state index >= 15 is 0 Å². The number of carbonyl (C=O) groups excluding carboxylic acids is 1. The Morgan fingerprint density at radius 1 is 0.966 bits per heavy atom. The summed E-state index contributed by atoms with van der Waals surface area (Å²) < 4.78 is 7.84. The first kappa shape index (κ1) is 18.7. The minimum absolute atomic E-state index is 0.134. The smallest absolute Gasteiger partial charge is 0.255 e. The predicted octanol–water partition coefficient (Wildman–Crippen LogP) is 5.09. The normalized spacial score (nSPS) is 10.9. The van der Waals surface area contributed by atoms with Crippen LogP contribution >= 0.6 is 0 Å². The maximum atomic E-state index is 12.6. The topological polar surface area (TPSA) is 55.6 Å². The number of anilines is 1. The molecule has 0 aliphatic rings. The van der Waals surface area contributed by atoms with Crippen molar-refractivity contribution in [3.05, 3.63) is 94.9 Å². The highest BCUT2D eigenvalue weighted by molar-refractivity contribution is 6.05. The average Bonchev–Trinajstić information content (AvgIpc) is 3.14. The molecule has 29 heavy (non-hydrogen) atoms. The number of fused-ring (bicyclic) bond motifs is 1. The van der Waals surface area contributed by atoms with Gasteiger partial charge in [-0.1, -0.05) is 24.3 Å². The molecule has 0 radical (unpaired) electrons. The lowest BCUT2D eigenvalue weighted by Gasteiger charge is -2.12. The Bertz CT molecular complexity index is 1160. The molecule has 0 aliphatic heterocycles. The molecule has 0 unspecified atom stereocenters. The van der Waals surface area contributed by atoms with E-state index in [2.05, 4.69) is 10.3 Å². The highest BCUT2D eigenvalue weighted by Gasteiger charge is 2.10. The predicted molar refractivity (Wildman–Crippen MR) is 115 cm³/mol. The van der Waals surface area contributed by atoms with Crippen LogP contribution in [-0.4, -0.2) is 15.3 Å². The van der Waals surface area contributed by atoms with Crippen molar-refractivity contribution in [3.63, 3.8) is 0 Å². The van der Waals surface area contributed by atoms with Crippen molar-refractivity contribution in [1.29, 1.82) is 0 Å². The quantitative estimate of drug-likeness (QED) is 0.520. The summed E-state index contributed by atoms with van der Waals surface area (Å²) in [5, 5.41) is 3.00. The summed E-state index contributed by atoms with van der Waals surface area (Å²) in [5.41, 5.74) is 6.45. The third kappa shape index (κ3) is 3.99. The van der Waals surface area contributed by atoms with Crippen molar-refractivity contribution < 1.29 is 9.53 Å². The number of hydrogen-bond acceptors (Lipinski definition) is 3. The number of rotatable bonds is 5. The maximum absolute atomic E-state index is 12.6. The Kier molecular flexibility index (Phi) is 5.04. The van der Waals surface area contributed by atoms with Gasteiger partial charge in [-0.25, -0.2) is 4.98 Å². The van der Waals surface area contributed by atoms with Gasteiger partial charge in [0, 0.05) is 23.6 Å². The van der Waals surface area contributed by atoms with Crippen molar-refractivity contribution in [2.24, 2.45) is 0 Å². The van der Waals surface area contributed by atoms with Gasteiger partial charge in [0.2, 0.25) is 0 Å². The van der Waals surface area contributed by atoms with E-state index < -0.39 is 0 Å². The lowest BCUT2D eigenvalue weighted by Crippen LogP contribution is -2.13. The van der Waals surface area contributed by atoms with Crippen LogP contribution < -0.4 is 10.1 Å². The number of carbonyl (C=O) groups is 1. The molecule has 0 saturated carbocycles. The van der Waals surface area contributed by atoms with Crippen LogP contribution in [-0.2, 0) is 6.61 Å². The third-order valence-corrected chi connectivity index (χ3v) is 4.95. The Labute approximate surface area is 170 Å². The molecule has 146 valence electrons. The van der Waals surface area contributed by atoms with Crippen LogP contribution in [0.1, 0.15) is 32.7 Å². The molecule has 1 N–H and O–H groups in total. The minimum atomic E-state index is -0.134. The zero-order valence-electron chi connectivity index (χ0n) is 16.8. The van der Waals surface area contributed by atoms with Crippen LogP contribution in [0, 0.1) is 20.8 Å². The summed E-state index contributed by atoms with van der Waals surface area (Å²) in [6.45, 7) is 6.38. The van der Waals surface area contributed by atoms with Gasteiger partial charge in [-0.3, -0.25) is 4.79 Å². The van der Waals surface area contributed by atoms with Gasteiger partial charge in [0.05, 0.1) is 5.69 Å². The number of hydrogen-bond donors (Lipinski definition) is 1. The number of pyridine rings is 1. The molecule has 0 spiro atoms. The van der Waals surface area contributed by atoms with Crippen LogP contribution in [0.2, 0.25) is 0 Å². The zero-order valence-corrected chi connectivity index (χ0v) is 16.8. The van der Waals surface area contributed by atoms with Gasteiger partial charge in [-0.2, -0.15) is 0 Å². The van der Waals surface area contributed by atoms with E-state index in [0.29, 0.717) is 17.9 Å².